The van der Waals surface area contributed by atoms with Crippen molar-refractivity contribution in [2.24, 2.45) is 5.92 Å². The maximum Gasteiger partial charge on any atom is 0.228 e. The minimum absolute atomic E-state index is 0.0477. The van der Waals surface area contributed by atoms with E-state index in [0.29, 0.717) is 17.6 Å². The van der Waals surface area contributed by atoms with Crippen molar-refractivity contribution in [3.8, 4) is 0 Å². The number of likely N-dealkylation sites (tertiary alicyclic amines) is 1. The Kier molecular flexibility index (Phi) is 5.30. The summed E-state index contributed by atoms with van der Waals surface area (Å²) >= 11 is 0. The van der Waals surface area contributed by atoms with Gasteiger partial charge in [0.05, 0.1) is 0 Å². The molecule has 0 aliphatic carbocycles. The van der Waals surface area contributed by atoms with Crippen LogP contribution in [-0.4, -0.2) is 29.1 Å². The van der Waals surface area contributed by atoms with Crippen molar-refractivity contribution in [1.29, 1.82) is 0 Å². The molecule has 1 amide bonds. The minimum Gasteiger partial charge on any atom is -0.360 e. The molecule has 1 aliphatic rings. The van der Waals surface area contributed by atoms with Crippen molar-refractivity contribution in [3.05, 3.63) is 47.7 Å². The monoisotopic (exact) mass is 327 g/mol. The van der Waals surface area contributed by atoms with E-state index in [1.807, 2.05) is 6.92 Å². The van der Waals surface area contributed by atoms with Gasteiger partial charge in [0.15, 0.2) is 5.82 Å². The van der Waals surface area contributed by atoms with E-state index in [0.717, 1.165) is 32.4 Å². The van der Waals surface area contributed by atoms with Crippen LogP contribution in [0.15, 0.2) is 40.9 Å². The number of aryl methyl sites for hydroxylation is 1. The lowest BCUT2D eigenvalue weighted by atomic mass is 9.92. The molecule has 1 aromatic heterocycles. The highest BCUT2D eigenvalue weighted by molar-refractivity contribution is 5.91. The first-order chi connectivity index (χ1) is 11.7. The Morgan fingerprint density at radius 1 is 1.33 bits per heavy atom. The van der Waals surface area contributed by atoms with Crippen LogP contribution in [0.25, 0.3) is 0 Å². The molecule has 2 heterocycles. The average Bonchev–Trinajstić information content (AvgIpc) is 3.02. The zero-order valence-corrected chi connectivity index (χ0v) is 14.4. The molecular formula is C19H25N3O2. The molecule has 5 heteroatoms. The summed E-state index contributed by atoms with van der Waals surface area (Å²) in [6, 6.07) is 12.8. The van der Waals surface area contributed by atoms with E-state index >= 15 is 0 Å². The molecule has 1 aromatic carbocycles. The molecule has 1 fully saturated rings. The Balaban J connectivity index is 1.56. The van der Waals surface area contributed by atoms with Gasteiger partial charge in [-0.25, -0.2) is 0 Å². The van der Waals surface area contributed by atoms with Gasteiger partial charge in [-0.15, -0.1) is 0 Å². The SMILES string of the molecule is CC[C@H](c1ccccc1)N1CCC(C(=O)Nc2cc(C)on2)CC1. The first-order valence-corrected chi connectivity index (χ1v) is 8.70. The van der Waals surface area contributed by atoms with Crippen molar-refractivity contribution in [2.75, 3.05) is 18.4 Å². The van der Waals surface area contributed by atoms with Gasteiger partial charge in [0.25, 0.3) is 0 Å². The summed E-state index contributed by atoms with van der Waals surface area (Å²) in [6.07, 6.45) is 2.84. The van der Waals surface area contributed by atoms with Crippen LogP contribution in [0.4, 0.5) is 5.82 Å². The van der Waals surface area contributed by atoms with Crippen molar-refractivity contribution < 1.29 is 9.32 Å². The molecule has 0 spiro atoms. The molecule has 1 N–H and O–H groups in total. The zero-order valence-electron chi connectivity index (χ0n) is 14.4. The number of aromatic nitrogens is 1. The normalized spacial score (nSPS) is 17.6. The number of carbonyl (C=O) groups excluding carboxylic acids is 1. The van der Waals surface area contributed by atoms with Gasteiger partial charge in [0, 0.05) is 18.0 Å². The fraction of sp³-hybridized carbons (Fsp3) is 0.474. The van der Waals surface area contributed by atoms with Crippen LogP contribution in [0.5, 0.6) is 0 Å². The predicted octanol–water partition coefficient (Wildman–Crippen LogP) is 3.78. The molecule has 0 saturated carbocycles. The molecule has 1 aliphatic heterocycles. The van der Waals surface area contributed by atoms with Gasteiger partial charge in [-0.1, -0.05) is 42.4 Å². The molecule has 1 saturated heterocycles. The second-order valence-electron chi connectivity index (χ2n) is 6.46. The molecule has 1 atom stereocenters. The number of nitrogens with zero attached hydrogens (tertiary/aromatic N) is 2. The zero-order chi connectivity index (χ0) is 16.9. The Labute approximate surface area is 143 Å². The lowest BCUT2D eigenvalue weighted by molar-refractivity contribution is -0.121. The summed E-state index contributed by atoms with van der Waals surface area (Å²) in [5, 5.41) is 6.69. The van der Waals surface area contributed by atoms with E-state index in [2.05, 4.69) is 52.6 Å². The Hall–Kier alpha value is -2.14. The summed E-state index contributed by atoms with van der Waals surface area (Å²) in [5.41, 5.74) is 1.36. The van der Waals surface area contributed by atoms with Crippen LogP contribution in [0.2, 0.25) is 0 Å². The van der Waals surface area contributed by atoms with Crippen molar-refractivity contribution >= 4 is 11.7 Å². The standard InChI is InChI=1S/C19H25N3O2/c1-3-17(15-7-5-4-6-8-15)22-11-9-16(10-12-22)19(23)20-18-13-14(2)24-21-18/h4-8,13,16-17H,3,9-12H2,1-2H3,(H,20,21,23)/t17-/m1/s1. The number of hydrogen-bond donors (Lipinski definition) is 1. The summed E-state index contributed by atoms with van der Waals surface area (Å²) < 4.78 is 4.99. The number of anilines is 1. The van der Waals surface area contributed by atoms with Gasteiger partial charge in [-0.2, -0.15) is 0 Å². The second-order valence-corrected chi connectivity index (χ2v) is 6.46. The lowest BCUT2D eigenvalue weighted by Crippen LogP contribution is -2.40. The van der Waals surface area contributed by atoms with E-state index in [-0.39, 0.29) is 11.8 Å². The molecule has 0 unspecified atom stereocenters. The maximum atomic E-state index is 12.4. The van der Waals surface area contributed by atoms with Gasteiger partial charge in [0.2, 0.25) is 5.91 Å². The molecule has 24 heavy (non-hydrogen) atoms. The quantitative estimate of drug-likeness (QED) is 0.908. The Morgan fingerprint density at radius 3 is 2.62 bits per heavy atom. The van der Waals surface area contributed by atoms with E-state index in [9.17, 15) is 4.79 Å². The van der Waals surface area contributed by atoms with Gasteiger partial charge < -0.3 is 9.84 Å². The molecule has 2 aromatic rings. The van der Waals surface area contributed by atoms with Gasteiger partial charge in [0.1, 0.15) is 5.76 Å². The third kappa shape index (κ3) is 3.85. The minimum atomic E-state index is 0.0477. The Morgan fingerprint density at radius 2 is 2.04 bits per heavy atom. The third-order valence-corrected chi connectivity index (χ3v) is 4.79. The predicted molar refractivity (Wildman–Crippen MR) is 93.6 cm³/mol. The van der Waals surface area contributed by atoms with Crippen LogP contribution in [0.3, 0.4) is 0 Å². The number of hydrogen-bond acceptors (Lipinski definition) is 4. The van der Waals surface area contributed by atoms with Gasteiger partial charge >= 0.3 is 0 Å². The number of nitrogens with one attached hydrogen (secondary N) is 1. The molecule has 3 rings (SSSR count). The van der Waals surface area contributed by atoms with Crippen molar-refractivity contribution in [1.82, 2.24) is 10.1 Å². The molecule has 0 bridgehead atoms. The summed E-state index contributed by atoms with van der Waals surface area (Å²) in [7, 11) is 0. The van der Waals surface area contributed by atoms with Crippen molar-refractivity contribution in [2.45, 2.75) is 39.2 Å². The number of piperidine rings is 1. The summed E-state index contributed by atoms with van der Waals surface area (Å²) in [6.45, 7) is 5.94. The fourth-order valence-corrected chi connectivity index (χ4v) is 3.51. The molecule has 128 valence electrons. The van der Waals surface area contributed by atoms with Gasteiger partial charge in [-0.3, -0.25) is 9.69 Å². The molecule has 5 nitrogen and oxygen atoms in total. The van der Waals surface area contributed by atoms with Gasteiger partial charge in [-0.05, 0) is 44.8 Å². The smallest absolute Gasteiger partial charge is 0.228 e. The number of carbonyl (C=O) groups is 1. The number of benzene rings is 1. The lowest BCUT2D eigenvalue weighted by Gasteiger charge is -2.37. The van der Waals surface area contributed by atoms with Crippen LogP contribution >= 0.6 is 0 Å². The average molecular weight is 327 g/mol. The molecule has 0 radical (unpaired) electrons. The fourth-order valence-electron chi connectivity index (χ4n) is 3.51. The van der Waals surface area contributed by atoms with Crippen LogP contribution < -0.4 is 5.32 Å². The highest BCUT2D eigenvalue weighted by Gasteiger charge is 2.29. The van der Waals surface area contributed by atoms with E-state index < -0.39 is 0 Å². The third-order valence-electron chi connectivity index (χ3n) is 4.79. The first-order valence-electron chi connectivity index (χ1n) is 8.70. The molecular weight excluding hydrogens is 302 g/mol. The number of rotatable bonds is 5. The second kappa shape index (κ2) is 7.62. The maximum absolute atomic E-state index is 12.4. The van der Waals surface area contributed by atoms with E-state index in [1.54, 1.807) is 6.07 Å². The van der Waals surface area contributed by atoms with Crippen LogP contribution in [0.1, 0.15) is 43.6 Å². The largest absolute Gasteiger partial charge is 0.360 e. The number of amides is 1. The summed E-state index contributed by atoms with van der Waals surface area (Å²) in [4.78, 5) is 14.9. The van der Waals surface area contributed by atoms with E-state index in [1.165, 1.54) is 5.56 Å². The highest BCUT2D eigenvalue weighted by atomic mass is 16.5. The highest BCUT2D eigenvalue weighted by Crippen LogP contribution is 2.29. The summed E-state index contributed by atoms with van der Waals surface area (Å²) in [5.74, 6) is 1.31. The Bertz CT molecular complexity index is 660. The first kappa shape index (κ1) is 16.7. The van der Waals surface area contributed by atoms with Crippen LogP contribution in [0, 0.1) is 12.8 Å². The van der Waals surface area contributed by atoms with Crippen LogP contribution in [-0.2, 0) is 4.79 Å². The topological polar surface area (TPSA) is 58.4 Å². The van der Waals surface area contributed by atoms with Crippen molar-refractivity contribution in [3.63, 3.8) is 0 Å². The van der Waals surface area contributed by atoms with E-state index in [4.69, 9.17) is 4.52 Å².